The van der Waals surface area contributed by atoms with Gasteiger partial charge in [-0.15, -0.1) is 0 Å². The molecule has 3 aliphatic rings. The maximum absolute atomic E-state index is 11.2. The van der Waals surface area contributed by atoms with Crippen LogP contribution < -0.4 is 11.1 Å². The Morgan fingerprint density at radius 3 is 2.68 bits per heavy atom. The van der Waals surface area contributed by atoms with Crippen molar-refractivity contribution in [2.24, 2.45) is 29.4 Å². The Balaban J connectivity index is 1.39. The number of hydrogen-bond donors (Lipinski definition) is 2. The zero-order chi connectivity index (χ0) is 13.0. The van der Waals surface area contributed by atoms with Gasteiger partial charge < -0.3 is 11.1 Å². The molecule has 0 heterocycles. The Labute approximate surface area is 113 Å². The minimum atomic E-state index is -0.344. The highest BCUT2D eigenvalue weighted by Crippen LogP contribution is 2.65. The average molecular weight is 256 g/mol. The van der Waals surface area contributed by atoms with E-state index in [9.17, 15) is 4.79 Å². The number of primary amides is 1. The minimum absolute atomic E-state index is 0.344. The fourth-order valence-electron chi connectivity index (χ4n) is 4.67. The van der Waals surface area contributed by atoms with E-state index in [4.69, 9.17) is 5.73 Å². The van der Waals surface area contributed by atoms with Crippen LogP contribution >= 0.6 is 0 Å². The quantitative estimate of drug-likeness (QED) is 0.864. The van der Waals surface area contributed by atoms with Gasteiger partial charge in [0.15, 0.2) is 0 Å². The van der Waals surface area contributed by atoms with Crippen LogP contribution in [0, 0.1) is 23.7 Å². The summed E-state index contributed by atoms with van der Waals surface area (Å²) in [5.41, 5.74) is 7.08. The summed E-state index contributed by atoms with van der Waals surface area (Å²) in [5.74, 6) is 3.58. The van der Waals surface area contributed by atoms with E-state index >= 15 is 0 Å². The molecule has 0 spiro atoms. The third-order valence-electron chi connectivity index (χ3n) is 5.49. The van der Waals surface area contributed by atoms with Crippen LogP contribution in [0.3, 0.4) is 0 Å². The molecule has 3 N–H and O–H groups in total. The molecule has 4 atom stereocenters. The molecular weight excluding hydrogens is 236 g/mol. The summed E-state index contributed by atoms with van der Waals surface area (Å²) < 4.78 is 0. The number of nitrogens with two attached hydrogens (primary N) is 1. The van der Waals surface area contributed by atoms with Gasteiger partial charge in [-0.1, -0.05) is 12.1 Å². The first-order valence-corrected chi connectivity index (χ1v) is 7.36. The van der Waals surface area contributed by atoms with Crippen LogP contribution in [0.4, 0.5) is 0 Å². The van der Waals surface area contributed by atoms with Gasteiger partial charge in [-0.05, 0) is 60.6 Å². The molecule has 3 aliphatic carbocycles. The van der Waals surface area contributed by atoms with Gasteiger partial charge in [0, 0.05) is 18.2 Å². The second-order valence-electron chi connectivity index (χ2n) is 6.46. The number of amides is 1. The fourth-order valence-corrected chi connectivity index (χ4v) is 4.67. The van der Waals surface area contributed by atoms with Gasteiger partial charge >= 0.3 is 0 Å². The summed E-state index contributed by atoms with van der Waals surface area (Å²) in [7, 11) is 0. The van der Waals surface area contributed by atoms with Crippen molar-refractivity contribution in [2.45, 2.75) is 31.8 Å². The normalized spacial score (nSPS) is 38.2. The molecule has 3 nitrogen and oxygen atoms in total. The lowest BCUT2D eigenvalue weighted by molar-refractivity contribution is 0.1000. The molecule has 1 aromatic carbocycles. The molecule has 3 saturated carbocycles. The number of rotatable bonds is 4. The Hall–Kier alpha value is -1.35. The van der Waals surface area contributed by atoms with Gasteiger partial charge in [-0.3, -0.25) is 4.79 Å². The highest BCUT2D eigenvalue weighted by Gasteiger charge is 2.64. The summed E-state index contributed by atoms with van der Waals surface area (Å²) in [5, 5.41) is 3.69. The number of carbonyl (C=O) groups excluding carboxylic acids is 1. The van der Waals surface area contributed by atoms with Gasteiger partial charge in [0.25, 0.3) is 0 Å². The zero-order valence-electron chi connectivity index (χ0n) is 11.0. The van der Waals surface area contributed by atoms with E-state index in [0.29, 0.717) is 5.56 Å². The standard InChI is InChI=1S/C16H20N2O/c17-16(19)12-3-1-2-9(6-12)8-18-15-13-10-4-5-11(7-10)14(13)15/h1-3,6,10-11,13-15,18H,4-5,7-8H2,(H2,17,19). The van der Waals surface area contributed by atoms with Crippen LogP contribution in [0.5, 0.6) is 0 Å². The molecule has 0 aromatic heterocycles. The predicted molar refractivity (Wildman–Crippen MR) is 73.4 cm³/mol. The van der Waals surface area contributed by atoms with Crippen molar-refractivity contribution < 1.29 is 4.79 Å². The Morgan fingerprint density at radius 1 is 1.26 bits per heavy atom. The van der Waals surface area contributed by atoms with Crippen molar-refractivity contribution in [1.29, 1.82) is 0 Å². The molecule has 3 fully saturated rings. The maximum Gasteiger partial charge on any atom is 0.248 e. The highest BCUT2D eigenvalue weighted by atomic mass is 16.1. The topological polar surface area (TPSA) is 55.1 Å². The van der Waals surface area contributed by atoms with Gasteiger partial charge in [-0.25, -0.2) is 0 Å². The van der Waals surface area contributed by atoms with E-state index in [1.165, 1.54) is 19.3 Å². The number of benzene rings is 1. The molecule has 2 bridgehead atoms. The minimum Gasteiger partial charge on any atom is -0.366 e. The van der Waals surface area contributed by atoms with Crippen molar-refractivity contribution >= 4 is 5.91 Å². The Bertz CT molecular complexity index is 511. The molecule has 4 unspecified atom stereocenters. The maximum atomic E-state index is 11.2. The van der Waals surface area contributed by atoms with Gasteiger partial charge in [0.1, 0.15) is 0 Å². The van der Waals surface area contributed by atoms with Crippen molar-refractivity contribution in [3.05, 3.63) is 35.4 Å². The highest BCUT2D eigenvalue weighted by molar-refractivity contribution is 5.92. The number of hydrogen-bond acceptors (Lipinski definition) is 2. The van der Waals surface area contributed by atoms with Crippen molar-refractivity contribution in [1.82, 2.24) is 5.32 Å². The fraction of sp³-hybridized carbons (Fsp3) is 0.562. The van der Waals surface area contributed by atoms with E-state index in [1.54, 1.807) is 6.07 Å². The largest absolute Gasteiger partial charge is 0.366 e. The summed E-state index contributed by atoms with van der Waals surface area (Å²) >= 11 is 0. The molecular formula is C16H20N2O. The lowest BCUT2D eigenvalue weighted by atomic mass is 10.0. The monoisotopic (exact) mass is 256 g/mol. The number of nitrogens with one attached hydrogen (secondary N) is 1. The SMILES string of the molecule is NC(=O)c1cccc(CNC2C3C4CCC(C4)C23)c1. The average Bonchev–Trinajstić information content (AvgIpc) is 2.79. The molecule has 0 saturated heterocycles. The number of fused-ring (bicyclic) bond motifs is 5. The molecule has 3 heteroatoms. The number of carbonyl (C=O) groups is 1. The molecule has 0 radical (unpaired) electrons. The Morgan fingerprint density at radius 2 is 2.00 bits per heavy atom. The van der Waals surface area contributed by atoms with Gasteiger partial charge in [0.05, 0.1) is 0 Å². The van der Waals surface area contributed by atoms with Crippen LogP contribution in [-0.4, -0.2) is 11.9 Å². The van der Waals surface area contributed by atoms with Crippen LogP contribution in [0.25, 0.3) is 0 Å². The molecule has 100 valence electrons. The lowest BCUT2D eigenvalue weighted by Crippen LogP contribution is -2.22. The summed E-state index contributed by atoms with van der Waals surface area (Å²) in [6.07, 6.45) is 4.41. The van der Waals surface area contributed by atoms with Crippen LogP contribution in [0.2, 0.25) is 0 Å². The van der Waals surface area contributed by atoms with Gasteiger partial charge in [-0.2, -0.15) is 0 Å². The van der Waals surface area contributed by atoms with Crippen LogP contribution in [-0.2, 0) is 6.54 Å². The summed E-state index contributed by atoms with van der Waals surface area (Å²) in [4.78, 5) is 11.2. The van der Waals surface area contributed by atoms with Crippen LogP contribution in [0.15, 0.2) is 24.3 Å². The molecule has 19 heavy (non-hydrogen) atoms. The van der Waals surface area contributed by atoms with E-state index in [0.717, 1.165) is 41.8 Å². The van der Waals surface area contributed by atoms with E-state index in [-0.39, 0.29) is 5.91 Å². The predicted octanol–water partition coefficient (Wildman–Crippen LogP) is 1.92. The Kier molecular flexibility index (Phi) is 2.46. The second-order valence-corrected chi connectivity index (χ2v) is 6.46. The van der Waals surface area contributed by atoms with E-state index in [1.807, 2.05) is 12.1 Å². The van der Waals surface area contributed by atoms with Crippen molar-refractivity contribution in [3.8, 4) is 0 Å². The third kappa shape index (κ3) is 1.79. The lowest BCUT2D eigenvalue weighted by Gasteiger charge is -2.11. The van der Waals surface area contributed by atoms with Crippen molar-refractivity contribution in [3.63, 3.8) is 0 Å². The first kappa shape index (κ1) is 11.5. The third-order valence-corrected chi connectivity index (χ3v) is 5.49. The van der Waals surface area contributed by atoms with Crippen LogP contribution in [0.1, 0.15) is 35.2 Å². The molecule has 0 aliphatic heterocycles. The second kappa shape index (κ2) is 4.07. The van der Waals surface area contributed by atoms with Gasteiger partial charge in [0.2, 0.25) is 5.91 Å². The molecule has 1 aromatic rings. The smallest absolute Gasteiger partial charge is 0.248 e. The molecule has 1 amide bonds. The molecule has 4 rings (SSSR count). The first-order valence-electron chi connectivity index (χ1n) is 7.36. The van der Waals surface area contributed by atoms with E-state index < -0.39 is 0 Å². The van der Waals surface area contributed by atoms with E-state index in [2.05, 4.69) is 11.4 Å². The zero-order valence-corrected chi connectivity index (χ0v) is 11.0. The van der Waals surface area contributed by atoms with Crippen molar-refractivity contribution in [2.75, 3.05) is 0 Å². The summed E-state index contributed by atoms with van der Waals surface area (Å²) in [6.45, 7) is 0.859. The first-order chi connectivity index (χ1) is 9.24. The summed E-state index contributed by atoms with van der Waals surface area (Å²) in [6, 6.07) is 8.39.